The molecule has 0 saturated heterocycles. The first-order chi connectivity index (χ1) is 6.21. The van der Waals surface area contributed by atoms with E-state index >= 15 is 0 Å². The molecule has 0 radical (unpaired) electrons. The van der Waals surface area contributed by atoms with Crippen LogP contribution in [0.2, 0.25) is 0 Å². The van der Waals surface area contributed by atoms with Crippen molar-refractivity contribution in [2.45, 2.75) is 32.0 Å². The van der Waals surface area contributed by atoms with Crippen molar-refractivity contribution in [2.24, 2.45) is 0 Å². The summed E-state index contributed by atoms with van der Waals surface area (Å²) in [6, 6.07) is 0. The lowest BCUT2D eigenvalue weighted by Crippen LogP contribution is -2.21. The molecule has 0 aromatic carbocycles. The molecule has 84 valence electrons. The van der Waals surface area contributed by atoms with Gasteiger partial charge in [-0.3, -0.25) is 0 Å². The van der Waals surface area contributed by atoms with Crippen molar-refractivity contribution >= 4 is 5.97 Å². The summed E-state index contributed by atoms with van der Waals surface area (Å²) >= 11 is 0. The summed E-state index contributed by atoms with van der Waals surface area (Å²) in [7, 11) is 0. The monoisotopic (exact) mass is 214 g/mol. The van der Waals surface area contributed by atoms with Crippen LogP contribution in [-0.4, -0.2) is 28.5 Å². The maximum absolute atomic E-state index is 10.6. The second-order valence-corrected chi connectivity index (χ2v) is 2.52. The largest absolute Gasteiger partial charge is 0.490 e. The fourth-order valence-electron chi connectivity index (χ4n) is 0.359. The molecular weight excluding hydrogens is 201 g/mol. The summed E-state index contributed by atoms with van der Waals surface area (Å²) in [6.07, 6.45) is -1.69. The Kier molecular flexibility index (Phi) is 8.13. The summed E-state index contributed by atoms with van der Waals surface area (Å²) in [6.45, 7) is 5.30. The Labute approximate surface area is 79.9 Å². The molecule has 0 bridgehead atoms. The number of carboxylic acid groups (broad SMARTS) is 1. The summed E-state index contributed by atoms with van der Waals surface area (Å²) in [5.41, 5.74) is 0. The van der Waals surface area contributed by atoms with E-state index in [4.69, 9.17) is 15.0 Å². The predicted octanol–water partition coefficient (Wildman–Crippen LogP) is 1.97. The fourth-order valence-corrected chi connectivity index (χ4v) is 0.359. The van der Waals surface area contributed by atoms with Crippen molar-refractivity contribution in [1.29, 1.82) is 0 Å². The molecule has 0 aliphatic heterocycles. The van der Waals surface area contributed by atoms with E-state index in [-0.39, 0.29) is 6.10 Å². The van der Waals surface area contributed by atoms with Gasteiger partial charge in [0, 0.05) is 0 Å². The Bertz CT molecular complexity index is 175. The van der Waals surface area contributed by atoms with Crippen LogP contribution in [0, 0.1) is 0 Å². The Balaban J connectivity index is 0. The zero-order valence-electron chi connectivity index (χ0n) is 7.71. The lowest BCUT2D eigenvalue weighted by molar-refractivity contribution is -0.192. The van der Waals surface area contributed by atoms with Gasteiger partial charge in [-0.05, 0) is 19.8 Å². The Morgan fingerprint density at radius 2 is 1.93 bits per heavy atom. The lowest BCUT2D eigenvalue weighted by Gasteiger charge is -1.96. The molecule has 0 fully saturated rings. The maximum Gasteiger partial charge on any atom is 0.490 e. The molecule has 2 N–H and O–H groups in total. The van der Waals surface area contributed by atoms with Gasteiger partial charge in [0.2, 0.25) is 0 Å². The van der Waals surface area contributed by atoms with Gasteiger partial charge in [-0.25, -0.2) is 4.79 Å². The number of carbonyl (C=O) groups is 1. The van der Waals surface area contributed by atoms with Crippen LogP contribution in [-0.2, 0) is 4.79 Å². The van der Waals surface area contributed by atoms with Crippen molar-refractivity contribution in [3.63, 3.8) is 0 Å². The van der Waals surface area contributed by atoms with Gasteiger partial charge in [-0.2, -0.15) is 13.2 Å². The van der Waals surface area contributed by atoms with Crippen molar-refractivity contribution in [3.8, 4) is 0 Å². The molecular formula is C8H13F3O3. The van der Waals surface area contributed by atoms with Gasteiger partial charge in [0.15, 0.2) is 0 Å². The molecule has 6 heteroatoms. The zero-order chi connectivity index (χ0) is 11.8. The number of hydrogen-bond donors (Lipinski definition) is 2. The van der Waals surface area contributed by atoms with Crippen LogP contribution in [0.1, 0.15) is 19.8 Å². The summed E-state index contributed by atoms with van der Waals surface area (Å²) in [5.74, 6) is -2.76. The van der Waals surface area contributed by atoms with Crippen LogP contribution < -0.4 is 0 Å². The third-order valence-electron chi connectivity index (χ3n) is 1.03. The predicted molar refractivity (Wildman–Crippen MR) is 44.8 cm³/mol. The third-order valence-corrected chi connectivity index (χ3v) is 1.03. The topological polar surface area (TPSA) is 57.5 Å². The van der Waals surface area contributed by atoms with E-state index in [9.17, 15) is 13.2 Å². The van der Waals surface area contributed by atoms with Crippen LogP contribution in [0.5, 0.6) is 0 Å². The first-order valence-electron chi connectivity index (χ1n) is 3.80. The third kappa shape index (κ3) is 13.5. The van der Waals surface area contributed by atoms with Crippen molar-refractivity contribution in [1.82, 2.24) is 0 Å². The molecule has 14 heavy (non-hydrogen) atoms. The van der Waals surface area contributed by atoms with Gasteiger partial charge in [-0.1, -0.05) is 6.08 Å². The van der Waals surface area contributed by atoms with E-state index in [1.54, 1.807) is 6.92 Å². The van der Waals surface area contributed by atoms with Gasteiger partial charge in [-0.15, -0.1) is 6.58 Å². The summed E-state index contributed by atoms with van der Waals surface area (Å²) < 4.78 is 31.7. The number of aliphatic hydroxyl groups excluding tert-OH is 1. The average Bonchev–Trinajstić information content (AvgIpc) is 2.00. The second kappa shape index (κ2) is 7.37. The van der Waals surface area contributed by atoms with E-state index in [0.717, 1.165) is 12.8 Å². The Morgan fingerprint density at radius 3 is 2.00 bits per heavy atom. The minimum Gasteiger partial charge on any atom is -0.475 e. The van der Waals surface area contributed by atoms with Crippen LogP contribution in [0.25, 0.3) is 0 Å². The van der Waals surface area contributed by atoms with Gasteiger partial charge in [0.05, 0.1) is 6.10 Å². The van der Waals surface area contributed by atoms with Crippen LogP contribution in [0.15, 0.2) is 12.7 Å². The number of rotatable bonds is 3. The van der Waals surface area contributed by atoms with E-state index in [1.165, 1.54) is 0 Å². The van der Waals surface area contributed by atoms with E-state index in [0.29, 0.717) is 0 Å². The smallest absolute Gasteiger partial charge is 0.475 e. The minimum absolute atomic E-state index is 0.169. The summed E-state index contributed by atoms with van der Waals surface area (Å²) in [5, 5.41) is 15.8. The van der Waals surface area contributed by atoms with Crippen molar-refractivity contribution in [3.05, 3.63) is 12.7 Å². The number of aliphatic hydroxyl groups is 1. The first-order valence-corrected chi connectivity index (χ1v) is 3.80. The van der Waals surface area contributed by atoms with Crippen molar-refractivity contribution < 1.29 is 28.2 Å². The molecule has 0 aromatic heterocycles. The molecule has 0 heterocycles. The standard InChI is InChI=1S/C6H12O.C2HF3O2/c1-3-4-5-6(2)7;3-2(4,5)1(6)7/h3,6-7H,1,4-5H2,2H3;(H,6,7). The van der Waals surface area contributed by atoms with E-state index < -0.39 is 12.1 Å². The highest BCUT2D eigenvalue weighted by Gasteiger charge is 2.38. The maximum atomic E-state index is 10.6. The van der Waals surface area contributed by atoms with Gasteiger partial charge in [0.1, 0.15) is 0 Å². The van der Waals surface area contributed by atoms with E-state index in [1.807, 2.05) is 6.08 Å². The van der Waals surface area contributed by atoms with Gasteiger partial charge >= 0.3 is 12.1 Å². The lowest BCUT2D eigenvalue weighted by atomic mass is 10.2. The van der Waals surface area contributed by atoms with Crippen LogP contribution >= 0.6 is 0 Å². The molecule has 0 amide bonds. The molecule has 0 rings (SSSR count). The molecule has 3 nitrogen and oxygen atoms in total. The highest BCUT2D eigenvalue weighted by molar-refractivity contribution is 5.73. The van der Waals surface area contributed by atoms with Crippen LogP contribution in [0.3, 0.4) is 0 Å². The van der Waals surface area contributed by atoms with Crippen LogP contribution in [0.4, 0.5) is 13.2 Å². The highest BCUT2D eigenvalue weighted by Crippen LogP contribution is 2.13. The molecule has 0 spiro atoms. The molecule has 0 saturated carbocycles. The van der Waals surface area contributed by atoms with E-state index in [2.05, 4.69) is 6.58 Å². The second-order valence-electron chi connectivity index (χ2n) is 2.52. The average molecular weight is 214 g/mol. The zero-order valence-corrected chi connectivity index (χ0v) is 7.71. The molecule has 1 atom stereocenters. The summed E-state index contributed by atoms with van der Waals surface area (Å²) in [4.78, 5) is 8.90. The van der Waals surface area contributed by atoms with Gasteiger partial charge < -0.3 is 10.2 Å². The normalized spacial score (nSPS) is 12.4. The quantitative estimate of drug-likeness (QED) is 0.706. The fraction of sp³-hybridized carbons (Fsp3) is 0.625. The molecule has 0 aromatic rings. The minimum atomic E-state index is -5.08. The number of halogens is 3. The number of alkyl halides is 3. The Morgan fingerprint density at radius 1 is 1.57 bits per heavy atom. The highest BCUT2D eigenvalue weighted by atomic mass is 19.4. The number of allylic oxidation sites excluding steroid dienone is 1. The van der Waals surface area contributed by atoms with Crippen molar-refractivity contribution in [2.75, 3.05) is 0 Å². The number of aliphatic carboxylic acids is 1. The number of carboxylic acids is 1. The SMILES string of the molecule is C=CCCC(C)O.O=C(O)C(F)(F)F. The molecule has 0 aliphatic carbocycles. The molecule has 0 aliphatic rings. The Hall–Kier alpha value is -1.04. The first kappa shape index (κ1) is 15.4. The molecule has 1 unspecified atom stereocenters. The van der Waals surface area contributed by atoms with Gasteiger partial charge in [0.25, 0.3) is 0 Å². The number of hydrogen-bond acceptors (Lipinski definition) is 2.